The molecule has 0 bridgehead atoms. The van der Waals surface area contributed by atoms with Gasteiger partial charge in [-0.15, -0.1) is 0 Å². The van der Waals surface area contributed by atoms with Crippen LogP contribution in [-0.2, 0) is 11.2 Å². The van der Waals surface area contributed by atoms with Crippen LogP contribution in [0.3, 0.4) is 0 Å². The fourth-order valence-electron chi connectivity index (χ4n) is 2.44. The number of halogens is 1. The van der Waals surface area contributed by atoms with Gasteiger partial charge in [0.15, 0.2) is 0 Å². The summed E-state index contributed by atoms with van der Waals surface area (Å²) in [5, 5.41) is 2.88. The summed E-state index contributed by atoms with van der Waals surface area (Å²) >= 11 is 3.38. The Bertz CT molecular complexity index is 889. The van der Waals surface area contributed by atoms with E-state index in [2.05, 4.69) is 31.2 Å². The summed E-state index contributed by atoms with van der Waals surface area (Å²) in [6, 6.07) is 17.0. The molecule has 0 aliphatic heterocycles. The zero-order chi connectivity index (χ0) is 18.5. The minimum Gasteiger partial charge on any atom is -0.424 e. The third kappa shape index (κ3) is 5.13. The van der Waals surface area contributed by atoms with Gasteiger partial charge in [-0.25, -0.2) is 9.97 Å². The summed E-state index contributed by atoms with van der Waals surface area (Å²) in [6.07, 6.45) is 0.321. The Morgan fingerprint density at radius 3 is 2.23 bits per heavy atom. The number of carbonyl (C=O) groups excluding carboxylic acids is 1. The van der Waals surface area contributed by atoms with Crippen molar-refractivity contribution in [3.8, 4) is 11.8 Å². The summed E-state index contributed by atoms with van der Waals surface area (Å²) in [6.45, 7) is 3.79. The maximum atomic E-state index is 12.1. The molecule has 132 valence electrons. The zero-order valence-electron chi connectivity index (χ0n) is 14.5. The van der Waals surface area contributed by atoms with Crippen LogP contribution in [0.1, 0.15) is 17.0 Å². The largest absolute Gasteiger partial charge is 0.424 e. The van der Waals surface area contributed by atoms with Crippen molar-refractivity contribution in [1.82, 2.24) is 9.97 Å². The number of ether oxygens (including phenoxy) is 1. The summed E-state index contributed by atoms with van der Waals surface area (Å²) < 4.78 is 6.66. The highest BCUT2D eigenvalue weighted by atomic mass is 79.9. The lowest BCUT2D eigenvalue weighted by atomic mass is 10.1. The SMILES string of the molecule is Cc1cc(C)nc(Oc2ccc(NC(=O)Cc3ccc(Br)cc3)cc2)n1. The lowest BCUT2D eigenvalue weighted by Gasteiger charge is -2.08. The Kier molecular flexibility index (Phi) is 5.63. The summed E-state index contributed by atoms with van der Waals surface area (Å²) in [4.78, 5) is 20.6. The molecule has 0 saturated carbocycles. The molecule has 1 heterocycles. The van der Waals surface area contributed by atoms with Crippen molar-refractivity contribution in [2.75, 3.05) is 5.32 Å². The quantitative estimate of drug-likeness (QED) is 0.652. The maximum absolute atomic E-state index is 12.1. The number of hydrogen-bond donors (Lipinski definition) is 1. The van der Waals surface area contributed by atoms with Gasteiger partial charge in [-0.2, -0.15) is 0 Å². The Hall–Kier alpha value is -2.73. The second-order valence-corrected chi connectivity index (χ2v) is 6.83. The molecule has 6 heteroatoms. The van der Waals surface area contributed by atoms with Crippen LogP contribution < -0.4 is 10.1 Å². The molecule has 0 spiro atoms. The molecule has 3 aromatic rings. The molecule has 0 radical (unpaired) electrons. The monoisotopic (exact) mass is 411 g/mol. The van der Waals surface area contributed by atoms with Crippen LogP contribution in [0.25, 0.3) is 0 Å². The molecule has 0 aliphatic rings. The third-order valence-electron chi connectivity index (χ3n) is 3.59. The van der Waals surface area contributed by atoms with Crippen molar-refractivity contribution < 1.29 is 9.53 Å². The van der Waals surface area contributed by atoms with Gasteiger partial charge >= 0.3 is 6.01 Å². The highest BCUT2D eigenvalue weighted by Gasteiger charge is 2.06. The first-order valence-corrected chi connectivity index (χ1v) is 8.92. The first-order chi connectivity index (χ1) is 12.5. The number of nitrogens with zero attached hydrogens (tertiary/aromatic N) is 2. The van der Waals surface area contributed by atoms with Gasteiger partial charge in [0, 0.05) is 21.5 Å². The van der Waals surface area contributed by atoms with Gasteiger partial charge in [-0.3, -0.25) is 4.79 Å². The van der Waals surface area contributed by atoms with E-state index in [9.17, 15) is 4.79 Å². The fraction of sp³-hybridized carbons (Fsp3) is 0.150. The van der Waals surface area contributed by atoms with E-state index in [1.807, 2.05) is 44.2 Å². The molecule has 0 aliphatic carbocycles. The second-order valence-electron chi connectivity index (χ2n) is 5.91. The van der Waals surface area contributed by atoms with E-state index < -0.39 is 0 Å². The molecule has 3 rings (SSSR count). The lowest BCUT2D eigenvalue weighted by Crippen LogP contribution is -2.14. The number of aromatic nitrogens is 2. The molecule has 0 unspecified atom stereocenters. The highest BCUT2D eigenvalue weighted by molar-refractivity contribution is 9.10. The van der Waals surface area contributed by atoms with Gasteiger partial charge in [0.2, 0.25) is 5.91 Å². The molecule has 26 heavy (non-hydrogen) atoms. The summed E-state index contributed by atoms with van der Waals surface area (Å²) in [5.74, 6) is 0.541. The Morgan fingerprint density at radius 1 is 1.00 bits per heavy atom. The van der Waals surface area contributed by atoms with Crippen molar-refractivity contribution in [1.29, 1.82) is 0 Å². The van der Waals surface area contributed by atoms with E-state index in [4.69, 9.17) is 4.74 Å². The number of benzene rings is 2. The van der Waals surface area contributed by atoms with Gasteiger partial charge < -0.3 is 10.1 Å². The van der Waals surface area contributed by atoms with Crippen LogP contribution in [0.5, 0.6) is 11.8 Å². The first kappa shape index (κ1) is 18.1. The molecule has 5 nitrogen and oxygen atoms in total. The maximum Gasteiger partial charge on any atom is 0.322 e. The van der Waals surface area contributed by atoms with Gasteiger partial charge in [0.1, 0.15) is 5.75 Å². The van der Waals surface area contributed by atoms with Crippen molar-refractivity contribution in [2.24, 2.45) is 0 Å². The second kappa shape index (κ2) is 8.10. The van der Waals surface area contributed by atoms with Crippen LogP contribution in [-0.4, -0.2) is 15.9 Å². The van der Waals surface area contributed by atoms with Crippen LogP contribution in [0.15, 0.2) is 59.1 Å². The molecule has 0 saturated heterocycles. The van der Waals surface area contributed by atoms with Gasteiger partial charge in [-0.1, -0.05) is 28.1 Å². The molecule has 1 aromatic heterocycles. The average Bonchev–Trinajstić information content (AvgIpc) is 2.58. The number of aryl methyl sites for hydroxylation is 2. The summed E-state index contributed by atoms with van der Waals surface area (Å²) in [7, 11) is 0. The smallest absolute Gasteiger partial charge is 0.322 e. The topological polar surface area (TPSA) is 64.1 Å². The van der Waals surface area contributed by atoms with Gasteiger partial charge in [-0.05, 0) is 61.9 Å². The molecule has 0 atom stereocenters. The molecule has 1 amide bonds. The van der Waals surface area contributed by atoms with E-state index in [0.29, 0.717) is 23.9 Å². The third-order valence-corrected chi connectivity index (χ3v) is 4.12. The van der Waals surface area contributed by atoms with E-state index in [1.54, 1.807) is 24.3 Å². The predicted molar refractivity (Wildman–Crippen MR) is 104 cm³/mol. The summed E-state index contributed by atoms with van der Waals surface area (Å²) in [5.41, 5.74) is 3.37. The molecule has 0 fully saturated rings. The Morgan fingerprint density at radius 2 is 1.62 bits per heavy atom. The number of carbonyl (C=O) groups is 1. The van der Waals surface area contributed by atoms with E-state index in [0.717, 1.165) is 21.4 Å². The molecule has 1 N–H and O–H groups in total. The first-order valence-electron chi connectivity index (χ1n) is 8.12. The van der Waals surface area contributed by atoms with Gasteiger partial charge in [0.05, 0.1) is 6.42 Å². The number of nitrogens with one attached hydrogen (secondary N) is 1. The van der Waals surface area contributed by atoms with Crippen molar-refractivity contribution in [2.45, 2.75) is 20.3 Å². The molecular formula is C20H18BrN3O2. The standard InChI is InChI=1S/C20H18BrN3O2/c1-13-11-14(2)23-20(22-13)26-18-9-7-17(8-10-18)24-19(25)12-15-3-5-16(21)6-4-15/h3-11H,12H2,1-2H3,(H,24,25). The zero-order valence-corrected chi connectivity index (χ0v) is 16.1. The average molecular weight is 412 g/mol. The van der Waals surface area contributed by atoms with E-state index >= 15 is 0 Å². The van der Waals surface area contributed by atoms with Crippen LogP contribution >= 0.6 is 15.9 Å². The number of hydrogen-bond acceptors (Lipinski definition) is 4. The molecule has 2 aromatic carbocycles. The van der Waals surface area contributed by atoms with Crippen LogP contribution in [0.2, 0.25) is 0 Å². The van der Waals surface area contributed by atoms with Crippen LogP contribution in [0.4, 0.5) is 5.69 Å². The lowest BCUT2D eigenvalue weighted by molar-refractivity contribution is -0.115. The Labute approximate surface area is 160 Å². The normalized spacial score (nSPS) is 10.4. The van der Waals surface area contributed by atoms with Gasteiger partial charge in [0.25, 0.3) is 0 Å². The minimum absolute atomic E-state index is 0.0707. The fourth-order valence-corrected chi connectivity index (χ4v) is 2.71. The molecular weight excluding hydrogens is 394 g/mol. The van der Waals surface area contributed by atoms with Crippen LogP contribution in [0, 0.1) is 13.8 Å². The van der Waals surface area contributed by atoms with Crippen molar-refractivity contribution in [3.63, 3.8) is 0 Å². The van der Waals surface area contributed by atoms with E-state index in [1.165, 1.54) is 0 Å². The number of amides is 1. The Balaban J connectivity index is 1.60. The van der Waals surface area contributed by atoms with Crippen molar-refractivity contribution >= 4 is 27.5 Å². The van der Waals surface area contributed by atoms with E-state index in [-0.39, 0.29) is 5.91 Å². The minimum atomic E-state index is -0.0707. The van der Waals surface area contributed by atoms with Crippen molar-refractivity contribution in [3.05, 3.63) is 76.0 Å². The number of rotatable bonds is 5. The highest BCUT2D eigenvalue weighted by Crippen LogP contribution is 2.21. The predicted octanol–water partition coefficient (Wildman–Crippen LogP) is 4.83. The number of anilines is 1.